The first-order valence-corrected chi connectivity index (χ1v) is 6.12. The van der Waals surface area contributed by atoms with Gasteiger partial charge in [-0.2, -0.15) is 0 Å². The van der Waals surface area contributed by atoms with Crippen molar-refractivity contribution in [1.29, 1.82) is 0 Å². The van der Waals surface area contributed by atoms with Gasteiger partial charge in [0.2, 0.25) is 0 Å². The molecule has 3 N–H and O–H groups in total. The molecule has 0 saturated heterocycles. The molecule has 0 heterocycles. The van der Waals surface area contributed by atoms with Crippen LogP contribution in [0.1, 0.15) is 15.9 Å². The van der Waals surface area contributed by atoms with Crippen molar-refractivity contribution in [2.45, 2.75) is 0 Å². The van der Waals surface area contributed by atoms with Gasteiger partial charge >= 0.3 is 0 Å². The molecule has 0 atom stereocenters. The molecule has 0 radical (unpaired) electrons. The average molecular weight is 286 g/mol. The van der Waals surface area contributed by atoms with Crippen molar-refractivity contribution < 1.29 is 24.9 Å². The van der Waals surface area contributed by atoms with Crippen molar-refractivity contribution in [3.05, 3.63) is 53.6 Å². The van der Waals surface area contributed by atoms with Gasteiger partial charge in [0.1, 0.15) is 11.5 Å². The van der Waals surface area contributed by atoms with Crippen LogP contribution in [0.5, 0.6) is 23.0 Å². The van der Waals surface area contributed by atoms with Crippen molar-refractivity contribution in [1.82, 2.24) is 0 Å². The van der Waals surface area contributed by atoms with Crippen LogP contribution in [-0.4, -0.2) is 28.2 Å². The lowest BCUT2D eigenvalue weighted by molar-refractivity contribution is 0.104. The van der Waals surface area contributed by atoms with Crippen LogP contribution < -0.4 is 4.74 Å². The molecule has 0 spiro atoms. The highest BCUT2D eigenvalue weighted by Gasteiger charge is 2.10. The molecule has 2 rings (SSSR count). The van der Waals surface area contributed by atoms with Crippen LogP contribution in [0.25, 0.3) is 6.08 Å². The zero-order valence-electron chi connectivity index (χ0n) is 11.3. The minimum atomic E-state index is -0.306. The van der Waals surface area contributed by atoms with E-state index in [0.29, 0.717) is 11.1 Å². The molecule has 5 heteroatoms. The van der Waals surface area contributed by atoms with Crippen molar-refractivity contribution in [2.24, 2.45) is 0 Å². The predicted molar refractivity (Wildman–Crippen MR) is 77.8 cm³/mol. The Morgan fingerprint density at radius 2 is 1.81 bits per heavy atom. The van der Waals surface area contributed by atoms with Crippen LogP contribution in [0.3, 0.4) is 0 Å². The van der Waals surface area contributed by atoms with Gasteiger partial charge in [0, 0.05) is 6.07 Å². The predicted octanol–water partition coefficient (Wildman–Crippen LogP) is 2.71. The number of methoxy groups -OCH3 is 1. The molecule has 0 fully saturated rings. The van der Waals surface area contributed by atoms with Gasteiger partial charge in [-0.3, -0.25) is 4.79 Å². The number of allylic oxidation sites excluding steroid dienone is 1. The van der Waals surface area contributed by atoms with Gasteiger partial charge in [-0.25, -0.2) is 0 Å². The summed E-state index contributed by atoms with van der Waals surface area (Å²) in [6, 6.07) is 8.46. The normalized spacial score (nSPS) is 10.7. The fourth-order valence-electron chi connectivity index (χ4n) is 1.79. The standard InChI is InChI=1S/C16H14O5/c1-21-16-9-11(17)4-5-12(16)13(18)6-2-10-3-7-14(19)15(20)8-10/h2-9,17,19-20H,1H3/b6-2+. The van der Waals surface area contributed by atoms with E-state index in [9.17, 15) is 20.1 Å². The smallest absolute Gasteiger partial charge is 0.189 e. The molecule has 0 aromatic heterocycles. The molecular weight excluding hydrogens is 272 g/mol. The van der Waals surface area contributed by atoms with E-state index >= 15 is 0 Å². The van der Waals surface area contributed by atoms with E-state index in [1.165, 1.54) is 49.6 Å². The summed E-state index contributed by atoms with van der Waals surface area (Å²) in [5, 5.41) is 27.9. The Labute approximate surface area is 121 Å². The highest BCUT2D eigenvalue weighted by atomic mass is 16.5. The van der Waals surface area contributed by atoms with E-state index in [2.05, 4.69) is 0 Å². The molecular formula is C16H14O5. The molecule has 2 aromatic rings. The minimum absolute atomic E-state index is 0.0100. The number of ketones is 1. The van der Waals surface area contributed by atoms with Crippen molar-refractivity contribution in [3.8, 4) is 23.0 Å². The first kappa shape index (κ1) is 14.5. The fourth-order valence-corrected chi connectivity index (χ4v) is 1.79. The Bertz CT molecular complexity index is 704. The molecule has 0 amide bonds. The Hall–Kier alpha value is -2.95. The van der Waals surface area contributed by atoms with Crippen LogP contribution >= 0.6 is 0 Å². The van der Waals surface area contributed by atoms with Crippen LogP contribution in [0.2, 0.25) is 0 Å². The van der Waals surface area contributed by atoms with E-state index in [0.717, 1.165) is 0 Å². The summed E-state index contributed by atoms with van der Waals surface area (Å²) in [7, 11) is 1.41. The lowest BCUT2D eigenvalue weighted by Gasteiger charge is -2.05. The highest BCUT2D eigenvalue weighted by Crippen LogP contribution is 2.27. The number of phenols is 3. The lowest BCUT2D eigenvalue weighted by Crippen LogP contribution is -1.98. The molecule has 0 unspecified atom stereocenters. The van der Waals surface area contributed by atoms with Crippen LogP contribution in [0.4, 0.5) is 0 Å². The van der Waals surface area contributed by atoms with Gasteiger partial charge in [-0.1, -0.05) is 12.1 Å². The number of carbonyl (C=O) groups is 1. The summed E-state index contributed by atoms with van der Waals surface area (Å²) < 4.78 is 5.05. The van der Waals surface area contributed by atoms with Gasteiger partial charge in [0.25, 0.3) is 0 Å². The number of phenolic OH excluding ortho intramolecular Hbond substituents is 3. The number of hydrogen-bond acceptors (Lipinski definition) is 5. The SMILES string of the molecule is COc1cc(O)ccc1C(=O)/C=C/c1ccc(O)c(O)c1. The summed E-state index contributed by atoms with van der Waals surface area (Å²) in [5.41, 5.74) is 0.881. The first-order valence-electron chi connectivity index (χ1n) is 6.12. The monoisotopic (exact) mass is 286 g/mol. The summed E-state index contributed by atoms with van der Waals surface area (Å²) in [6.07, 6.45) is 2.83. The molecule has 0 aliphatic heterocycles. The molecule has 0 aliphatic carbocycles. The largest absolute Gasteiger partial charge is 0.508 e. The maximum atomic E-state index is 12.1. The second kappa shape index (κ2) is 6.00. The molecule has 2 aromatic carbocycles. The number of carbonyl (C=O) groups excluding carboxylic acids is 1. The zero-order chi connectivity index (χ0) is 15.4. The molecule has 108 valence electrons. The van der Waals surface area contributed by atoms with Gasteiger partial charge < -0.3 is 20.1 Å². The average Bonchev–Trinajstić information content (AvgIpc) is 2.48. The molecule has 5 nitrogen and oxygen atoms in total. The first-order chi connectivity index (χ1) is 10.0. The van der Waals surface area contributed by atoms with Gasteiger partial charge in [0.15, 0.2) is 17.3 Å². The molecule has 0 saturated carbocycles. The minimum Gasteiger partial charge on any atom is -0.508 e. The fraction of sp³-hybridized carbons (Fsp3) is 0.0625. The van der Waals surface area contributed by atoms with Crippen LogP contribution in [0, 0.1) is 0 Å². The molecule has 0 aliphatic rings. The van der Waals surface area contributed by atoms with Crippen LogP contribution in [0.15, 0.2) is 42.5 Å². The third-order valence-corrected chi connectivity index (χ3v) is 2.88. The Balaban J connectivity index is 2.25. The van der Waals surface area contributed by atoms with E-state index in [-0.39, 0.29) is 28.8 Å². The van der Waals surface area contributed by atoms with Crippen LogP contribution in [-0.2, 0) is 0 Å². The Morgan fingerprint density at radius 3 is 2.48 bits per heavy atom. The van der Waals surface area contributed by atoms with E-state index < -0.39 is 0 Å². The topological polar surface area (TPSA) is 87.0 Å². The van der Waals surface area contributed by atoms with Crippen molar-refractivity contribution >= 4 is 11.9 Å². The molecule has 0 bridgehead atoms. The number of hydrogen-bond donors (Lipinski definition) is 3. The maximum absolute atomic E-state index is 12.1. The summed E-state index contributed by atoms with van der Waals surface area (Å²) >= 11 is 0. The lowest BCUT2D eigenvalue weighted by atomic mass is 10.1. The third kappa shape index (κ3) is 3.33. The number of ether oxygens (including phenoxy) is 1. The third-order valence-electron chi connectivity index (χ3n) is 2.88. The summed E-state index contributed by atoms with van der Waals surface area (Å²) in [6.45, 7) is 0. The van der Waals surface area contributed by atoms with E-state index in [4.69, 9.17) is 4.74 Å². The summed E-state index contributed by atoms with van der Waals surface area (Å²) in [5.74, 6) is -0.501. The second-order valence-electron chi connectivity index (χ2n) is 4.33. The van der Waals surface area contributed by atoms with Gasteiger partial charge in [-0.15, -0.1) is 0 Å². The van der Waals surface area contributed by atoms with Gasteiger partial charge in [-0.05, 0) is 35.9 Å². The van der Waals surface area contributed by atoms with E-state index in [1.807, 2.05) is 0 Å². The highest BCUT2D eigenvalue weighted by molar-refractivity contribution is 6.08. The van der Waals surface area contributed by atoms with Gasteiger partial charge in [0.05, 0.1) is 12.7 Å². The summed E-state index contributed by atoms with van der Waals surface area (Å²) in [4.78, 5) is 12.1. The Morgan fingerprint density at radius 1 is 1.05 bits per heavy atom. The Kier molecular flexibility index (Phi) is 4.13. The zero-order valence-corrected chi connectivity index (χ0v) is 11.3. The quantitative estimate of drug-likeness (QED) is 0.457. The number of aromatic hydroxyl groups is 3. The number of rotatable bonds is 4. The van der Waals surface area contributed by atoms with E-state index in [1.54, 1.807) is 6.07 Å². The molecule has 21 heavy (non-hydrogen) atoms. The second-order valence-corrected chi connectivity index (χ2v) is 4.33. The van der Waals surface area contributed by atoms with Crippen molar-refractivity contribution in [2.75, 3.05) is 7.11 Å². The van der Waals surface area contributed by atoms with Crippen molar-refractivity contribution in [3.63, 3.8) is 0 Å². The maximum Gasteiger partial charge on any atom is 0.189 e. The number of benzene rings is 2.